The van der Waals surface area contributed by atoms with Crippen LogP contribution in [0.5, 0.6) is 0 Å². The van der Waals surface area contributed by atoms with Gasteiger partial charge in [0.05, 0.1) is 30.0 Å². The molecule has 2 heterocycles. The number of ether oxygens (including phenoxy) is 2. The zero-order valence-electron chi connectivity index (χ0n) is 12.1. The van der Waals surface area contributed by atoms with E-state index >= 15 is 0 Å². The Morgan fingerprint density at radius 1 is 1.11 bits per heavy atom. The van der Waals surface area contributed by atoms with Gasteiger partial charge in [-0.05, 0) is 40.5 Å². The molecular weight excluding hydrogens is 230 g/mol. The van der Waals surface area contributed by atoms with Crippen molar-refractivity contribution in [2.75, 3.05) is 26.2 Å². The highest BCUT2D eigenvalue weighted by Crippen LogP contribution is 2.31. The normalized spacial score (nSPS) is 35.8. The van der Waals surface area contributed by atoms with E-state index in [2.05, 4.69) is 32.6 Å². The predicted molar refractivity (Wildman–Crippen MR) is 70.7 cm³/mol. The highest BCUT2D eigenvalue weighted by Gasteiger charge is 2.37. The standard InChI is InChI=1S/C14H27NO3/c1-13(2)6-5-11(17-13)7-15-8-12(9-16)18-14(3,4)10-15/h11-12,16H,5-10H2,1-4H3. The molecule has 2 fully saturated rings. The van der Waals surface area contributed by atoms with Crippen LogP contribution in [0.2, 0.25) is 0 Å². The number of morpholine rings is 1. The van der Waals surface area contributed by atoms with Crippen LogP contribution in [0.25, 0.3) is 0 Å². The first kappa shape index (κ1) is 14.3. The molecule has 0 aromatic heterocycles. The quantitative estimate of drug-likeness (QED) is 0.830. The first-order valence-corrected chi connectivity index (χ1v) is 6.98. The van der Waals surface area contributed by atoms with Crippen molar-refractivity contribution >= 4 is 0 Å². The highest BCUT2D eigenvalue weighted by molar-refractivity contribution is 4.88. The lowest BCUT2D eigenvalue weighted by Gasteiger charge is -2.43. The van der Waals surface area contributed by atoms with Crippen molar-refractivity contribution < 1.29 is 14.6 Å². The molecule has 0 amide bonds. The minimum atomic E-state index is -0.181. The molecule has 2 atom stereocenters. The van der Waals surface area contributed by atoms with Crippen LogP contribution < -0.4 is 0 Å². The fourth-order valence-electron chi connectivity index (χ4n) is 3.15. The summed E-state index contributed by atoms with van der Waals surface area (Å²) in [6, 6.07) is 0. The summed E-state index contributed by atoms with van der Waals surface area (Å²) >= 11 is 0. The molecule has 0 aromatic carbocycles. The summed E-state index contributed by atoms with van der Waals surface area (Å²) in [5, 5.41) is 9.30. The molecule has 2 aliphatic rings. The van der Waals surface area contributed by atoms with Gasteiger partial charge in [-0.1, -0.05) is 0 Å². The van der Waals surface area contributed by atoms with Crippen LogP contribution >= 0.6 is 0 Å². The second-order valence-corrected chi connectivity index (χ2v) is 6.91. The first-order chi connectivity index (χ1) is 8.30. The van der Waals surface area contributed by atoms with Crippen LogP contribution in [0.15, 0.2) is 0 Å². The molecule has 0 spiro atoms. The van der Waals surface area contributed by atoms with Gasteiger partial charge in [-0.15, -0.1) is 0 Å². The van der Waals surface area contributed by atoms with Gasteiger partial charge in [0.1, 0.15) is 0 Å². The molecule has 18 heavy (non-hydrogen) atoms. The summed E-state index contributed by atoms with van der Waals surface area (Å²) in [5.74, 6) is 0. The van der Waals surface area contributed by atoms with Crippen molar-refractivity contribution in [3.8, 4) is 0 Å². The Morgan fingerprint density at radius 2 is 1.78 bits per heavy atom. The largest absolute Gasteiger partial charge is 0.394 e. The van der Waals surface area contributed by atoms with Gasteiger partial charge < -0.3 is 14.6 Å². The zero-order chi connectivity index (χ0) is 13.4. The Balaban J connectivity index is 1.89. The second-order valence-electron chi connectivity index (χ2n) is 6.91. The number of hydrogen-bond acceptors (Lipinski definition) is 4. The van der Waals surface area contributed by atoms with Gasteiger partial charge in [-0.3, -0.25) is 4.90 Å². The Morgan fingerprint density at radius 3 is 2.33 bits per heavy atom. The van der Waals surface area contributed by atoms with Crippen molar-refractivity contribution in [3.05, 3.63) is 0 Å². The van der Waals surface area contributed by atoms with E-state index in [4.69, 9.17) is 9.47 Å². The molecule has 2 rings (SSSR count). The lowest BCUT2D eigenvalue weighted by molar-refractivity contribution is -0.155. The van der Waals surface area contributed by atoms with Crippen LogP contribution in [0.4, 0.5) is 0 Å². The SMILES string of the molecule is CC1(C)CCC(CN2CC(CO)OC(C)(C)C2)O1. The minimum absolute atomic E-state index is 0.0306. The molecule has 2 saturated heterocycles. The van der Waals surface area contributed by atoms with E-state index in [1.165, 1.54) is 0 Å². The summed E-state index contributed by atoms with van der Waals surface area (Å²) < 4.78 is 11.9. The van der Waals surface area contributed by atoms with Gasteiger partial charge in [0.2, 0.25) is 0 Å². The molecule has 0 radical (unpaired) electrons. The van der Waals surface area contributed by atoms with Gasteiger partial charge in [0, 0.05) is 19.6 Å². The maximum Gasteiger partial charge on any atom is 0.0940 e. The van der Waals surface area contributed by atoms with E-state index < -0.39 is 0 Å². The van der Waals surface area contributed by atoms with E-state index in [1.54, 1.807) is 0 Å². The summed E-state index contributed by atoms with van der Waals surface area (Å²) in [6.07, 6.45) is 2.53. The smallest absolute Gasteiger partial charge is 0.0940 e. The van der Waals surface area contributed by atoms with Crippen LogP contribution in [0.1, 0.15) is 40.5 Å². The number of nitrogens with zero attached hydrogens (tertiary/aromatic N) is 1. The lowest BCUT2D eigenvalue weighted by Crippen LogP contribution is -2.55. The Kier molecular flexibility index (Phi) is 4.02. The van der Waals surface area contributed by atoms with Gasteiger partial charge in [-0.25, -0.2) is 0 Å². The number of aliphatic hydroxyl groups is 1. The molecule has 4 nitrogen and oxygen atoms in total. The second kappa shape index (κ2) is 5.08. The fourth-order valence-corrected chi connectivity index (χ4v) is 3.15. The monoisotopic (exact) mass is 257 g/mol. The number of rotatable bonds is 3. The van der Waals surface area contributed by atoms with Gasteiger partial charge >= 0.3 is 0 Å². The van der Waals surface area contributed by atoms with E-state index in [0.717, 1.165) is 32.5 Å². The third-order valence-corrected chi connectivity index (χ3v) is 3.77. The molecular formula is C14H27NO3. The summed E-state index contributed by atoms with van der Waals surface area (Å²) in [7, 11) is 0. The van der Waals surface area contributed by atoms with Crippen LogP contribution in [0, 0.1) is 0 Å². The van der Waals surface area contributed by atoms with Gasteiger partial charge in [0.15, 0.2) is 0 Å². The van der Waals surface area contributed by atoms with Crippen molar-refractivity contribution in [1.29, 1.82) is 0 Å². The molecule has 1 N–H and O–H groups in total. The van der Waals surface area contributed by atoms with E-state index in [0.29, 0.717) is 6.10 Å². The summed E-state index contributed by atoms with van der Waals surface area (Å²) in [6.45, 7) is 11.2. The Labute approximate surface area is 110 Å². The predicted octanol–water partition coefficient (Wildman–Crippen LogP) is 1.42. The molecule has 0 aromatic rings. The van der Waals surface area contributed by atoms with Crippen LogP contribution in [-0.4, -0.2) is 59.7 Å². The van der Waals surface area contributed by atoms with Crippen LogP contribution in [0.3, 0.4) is 0 Å². The van der Waals surface area contributed by atoms with Crippen molar-refractivity contribution in [3.63, 3.8) is 0 Å². The Bertz CT molecular complexity index is 291. The third-order valence-electron chi connectivity index (χ3n) is 3.77. The number of hydrogen-bond donors (Lipinski definition) is 1. The average Bonchev–Trinajstić information content (AvgIpc) is 2.55. The maximum atomic E-state index is 9.30. The highest BCUT2D eigenvalue weighted by atomic mass is 16.5. The van der Waals surface area contributed by atoms with E-state index in [1.807, 2.05) is 0 Å². The van der Waals surface area contributed by atoms with Gasteiger partial charge in [-0.2, -0.15) is 0 Å². The zero-order valence-corrected chi connectivity index (χ0v) is 12.1. The lowest BCUT2D eigenvalue weighted by atomic mass is 10.0. The van der Waals surface area contributed by atoms with Crippen molar-refractivity contribution in [2.24, 2.45) is 0 Å². The fraction of sp³-hybridized carbons (Fsp3) is 1.00. The van der Waals surface area contributed by atoms with Crippen molar-refractivity contribution in [2.45, 2.75) is 63.9 Å². The van der Waals surface area contributed by atoms with Gasteiger partial charge in [0.25, 0.3) is 0 Å². The molecule has 0 saturated carbocycles. The van der Waals surface area contributed by atoms with E-state index in [-0.39, 0.29) is 23.9 Å². The van der Waals surface area contributed by atoms with Crippen LogP contribution in [-0.2, 0) is 9.47 Å². The molecule has 0 bridgehead atoms. The van der Waals surface area contributed by atoms with E-state index in [9.17, 15) is 5.11 Å². The maximum absolute atomic E-state index is 9.30. The summed E-state index contributed by atoms with van der Waals surface area (Å²) in [4.78, 5) is 2.37. The molecule has 2 unspecified atom stereocenters. The molecule has 2 aliphatic heterocycles. The van der Waals surface area contributed by atoms with Crippen molar-refractivity contribution in [1.82, 2.24) is 4.90 Å². The minimum Gasteiger partial charge on any atom is -0.394 e. The topological polar surface area (TPSA) is 41.9 Å². The first-order valence-electron chi connectivity index (χ1n) is 6.98. The number of aliphatic hydroxyl groups excluding tert-OH is 1. The molecule has 4 heteroatoms. The molecule has 0 aliphatic carbocycles. The third kappa shape index (κ3) is 3.67. The molecule has 106 valence electrons. The summed E-state index contributed by atoms with van der Waals surface area (Å²) in [5.41, 5.74) is -0.150. The Hall–Kier alpha value is -0.160. The average molecular weight is 257 g/mol.